The van der Waals surface area contributed by atoms with Crippen LogP contribution in [0.4, 0.5) is 0 Å². The van der Waals surface area contributed by atoms with Crippen LogP contribution in [0.3, 0.4) is 0 Å². The quantitative estimate of drug-likeness (QED) is 0.756. The van der Waals surface area contributed by atoms with Crippen molar-refractivity contribution in [1.29, 1.82) is 0 Å². The lowest BCUT2D eigenvalue weighted by Gasteiger charge is -2.21. The fraction of sp³-hybridized carbons (Fsp3) is 0.429. The number of hydrogen-bond acceptors (Lipinski definition) is 5. The van der Waals surface area contributed by atoms with Crippen molar-refractivity contribution in [3.8, 4) is 0 Å². The van der Waals surface area contributed by atoms with Crippen LogP contribution >= 0.6 is 22.9 Å². The van der Waals surface area contributed by atoms with Crippen LogP contribution in [0.25, 0.3) is 0 Å². The summed E-state index contributed by atoms with van der Waals surface area (Å²) < 4.78 is 27.2. The molecule has 0 unspecified atom stereocenters. The molecule has 0 aliphatic carbocycles. The minimum absolute atomic E-state index is 0.127. The highest BCUT2D eigenvalue weighted by atomic mass is 35.5. The van der Waals surface area contributed by atoms with Crippen LogP contribution in [-0.4, -0.2) is 62.2 Å². The molecule has 24 heavy (non-hydrogen) atoms. The Morgan fingerprint density at radius 3 is 2.67 bits per heavy atom. The van der Waals surface area contributed by atoms with Gasteiger partial charge in [0, 0.05) is 26.2 Å². The third-order valence-corrected chi connectivity index (χ3v) is 7.15. The second kappa shape index (κ2) is 8.11. The minimum Gasteiger partial charge on any atom is -0.343 e. The molecule has 7 nitrogen and oxygen atoms in total. The highest BCUT2D eigenvalue weighted by Crippen LogP contribution is 2.28. The predicted molar refractivity (Wildman–Crippen MR) is 92.5 cm³/mol. The molecule has 1 saturated heterocycles. The van der Waals surface area contributed by atoms with Crippen molar-refractivity contribution in [1.82, 2.24) is 14.5 Å². The average Bonchev–Trinajstić information content (AvgIpc) is 2.85. The molecule has 10 heteroatoms. The van der Waals surface area contributed by atoms with Crippen LogP contribution in [0.15, 0.2) is 29.0 Å². The number of amides is 2. The molecule has 0 saturated carbocycles. The van der Waals surface area contributed by atoms with Gasteiger partial charge in [-0.15, -0.1) is 11.3 Å². The van der Waals surface area contributed by atoms with Crippen molar-refractivity contribution >= 4 is 44.8 Å². The van der Waals surface area contributed by atoms with Crippen molar-refractivity contribution < 1.29 is 18.0 Å². The van der Waals surface area contributed by atoms with Crippen molar-refractivity contribution in [2.75, 3.05) is 32.7 Å². The molecule has 2 heterocycles. The van der Waals surface area contributed by atoms with Crippen LogP contribution in [0.5, 0.6) is 0 Å². The topological polar surface area (TPSA) is 86.8 Å². The Balaban J connectivity index is 1.98. The van der Waals surface area contributed by atoms with Gasteiger partial charge >= 0.3 is 0 Å². The highest BCUT2D eigenvalue weighted by Gasteiger charge is 2.29. The first-order valence-corrected chi connectivity index (χ1v) is 9.91. The molecular weight excluding hydrogens is 374 g/mol. The van der Waals surface area contributed by atoms with E-state index >= 15 is 0 Å². The Morgan fingerprint density at radius 1 is 1.29 bits per heavy atom. The lowest BCUT2D eigenvalue weighted by atomic mass is 10.3. The lowest BCUT2D eigenvalue weighted by molar-refractivity contribution is -0.131. The molecule has 1 aromatic rings. The Hall–Kier alpha value is -1.42. The van der Waals surface area contributed by atoms with E-state index in [-0.39, 0.29) is 29.8 Å². The van der Waals surface area contributed by atoms with Crippen LogP contribution in [0, 0.1) is 0 Å². The number of rotatable bonds is 5. The smallest absolute Gasteiger partial charge is 0.252 e. The van der Waals surface area contributed by atoms with Crippen LogP contribution in [0.2, 0.25) is 4.34 Å². The van der Waals surface area contributed by atoms with Crippen LogP contribution in [0.1, 0.15) is 6.42 Å². The number of halogens is 1. The summed E-state index contributed by atoms with van der Waals surface area (Å²) in [4.78, 5) is 24.8. The predicted octanol–water partition coefficient (Wildman–Crippen LogP) is 0.927. The Kier molecular flexibility index (Phi) is 6.39. The van der Waals surface area contributed by atoms with Gasteiger partial charge in [-0.25, -0.2) is 8.42 Å². The third kappa shape index (κ3) is 4.56. The third-order valence-electron chi connectivity index (χ3n) is 3.55. The van der Waals surface area contributed by atoms with Crippen LogP contribution in [-0.2, 0) is 19.6 Å². The maximum atomic E-state index is 12.6. The van der Waals surface area contributed by atoms with E-state index in [1.165, 1.54) is 10.4 Å². The number of nitrogens with one attached hydrogen (secondary N) is 1. The van der Waals surface area contributed by atoms with E-state index in [0.717, 1.165) is 17.4 Å². The van der Waals surface area contributed by atoms with Gasteiger partial charge < -0.3 is 10.2 Å². The Bertz CT molecular complexity index is 732. The largest absolute Gasteiger partial charge is 0.343 e. The van der Waals surface area contributed by atoms with Gasteiger partial charge in [-0.05, 0) is 24.6 Å². The highest BCUT2D eigenvalue weighted by molar-refractivity contribution is 7.91. The maximum absolute atomic E-state index is 12.6. The van der Waals surface area contributed by atoms with Gasteiger partial charge in [-0.2, -0.15) is 4.31 Å². The molecule has 2 rings (SSSR count). The van der Waals surface area contributed by atoms with E-state index in [9.17, 15) is 18.0 Å². The van der Waals surface area contributed by atoms with Crippen molar-refractivity contribution in [3.63, 3.8) is 0 Å². The van der Waals surface area contributed by atoms with Crippen molar-refractivity contribution in [2.45, 2.75) is 10.6 Å². The summed E-state index contributed by atoms with van der Waals surface area (Å²) in [5, 5.41) is 2.43. The van der Waals surface area contributed by atoms with Gasteiger partial charge in [-0.3, -0.25) is 9.59 Å². The summed E-state index contributed by atoms with van der Waals surface area (Å²) in [5.74, 6) is -0.666. The van der Waals surface area contributed by atoms with Gasteiger partial charge in [-0.1, -0.05) is 18.2 Å². The zero-order valence-electron chi connectivity index (χ0n) is 12.9. The van der Waals surface area contributed by atoms with E-state index in [4.69, 9.17) is 11.6 Å². The molecule has 132 valence electrons. The molecule has 1 N–H and O–H groups in total. The van der Waals surface area contributed by atoms with E-state index in [0.29, 0.717) is 23.8 Å². The summed E-state index contributed by atoms with van der Waals surface area (Å²) >= 11 is 6.83. The molecule has 1 fully saturated rings. The number of nitrogens with zero attached hydrogens (tertiary/aromatic N) is 2. The summed E-state index contributed by atoms with van der Waals surface area (Å²) in [7, 11) is -3.60. The molecule has 1 aliphatic heterocycles. The minimum atomic E-state index is -3.60. The first-order valence-electron chi connectivity index (χ1n) is 7.28. The molecule has 0 aromatic carbocycles. The number of sulfonamides is 1. The second-order valence-electron chi connectivity index (χ2n) is 5.12. The fourth-order valence-corrected chi connectivity index (χ4v) is 5.40. The average molecular weight is 392 g/mol. The fourth-order valence-electron chi connectivity index (χ4n) is 2.29. The SMILES string of the molecule is C=CC(=O)NCC(=O)N1CCCN(S(=O)(=O)c2ccc(Cl)s2)CC1. The molecule has 1 aliphatic rings. The molecule has 2 amide bonds. The number of carbonyl (C=O) groups excluding carboxylic acids is 2. The zero-order chi connectivity index (χ0) is 17.7. The van der Waals surface area contributed by atoms with E-state index in [1.54, 1.807) is 11.0 Å². The van der Waals surface area contributed by atoms with Gasteiger partial charge in [0.2, 0.25) is 11.8 Å². The van der Waals surface area contributed by atoms with Crippen molar-refractivity contribution in [3.05, 3.63) is 29.1 Å². The maximum Gasteiger partial charge on any atom is 0.252 e. The summed E-state index contributed by atoms with van der Waals surface area (Å²) in [6.45, 7) is 4.45. The second-order valence-corrected chi connectivity index (χ2v) is 9.00. The Morgan fingerprint density at radius 2 is 2.04 bits per heavy atom. The molecular formula is C14H18ClN3O4S2. The van der Waals surface area contributed by atoms with Crippen molar-refractivity contribution in [2.24, 2.45) is 0 Å². The summed E-state index contributed by atoms with van der Waals surface area (Å²) in [6.07, 6.45) is 1.62. The molecule has 0 spiro atoms. The molecule has 1 aromatic heterocycles. The summed E-state index contributed by atoms with van der Waals surface area (Å²) in [6, 6.07) is 3.04. The Labute approximate surface area is 149 Å². The number of thiophene rings is 1. The first-order chi connectivity index (χ1) is 11.3. The van der Waals surface area contributed by atoms with E-state index in [2.05, 4.69) is 11.9 Å². The normalized spacial score (nSPS) is 16.5. The molecule has 0 atom stereocenters. The van der Waals surface area contributed by atoms with Gasteiger partial charge in [0.1, 0.15) is 4.21 Å². The monoisotopic (exact) mass is 391 g/mol. The zero-order valence-corrected chi connectivity index (χ0v) is 15.3. The molecule has 0 radical (unpaired) electrons. The van der Waals surface area contributed by atoms with Crippen LogP contribution < -0.4 is 5.32 Å². The number of carbonyl (C=O) groups is 2. The van der Waals surface area contributed by atoms with E-state index < -0.39 is 15.9 Å². The number of hydrogen-bond donors (Lipinski definition) is 1. The first kappa shape index (κ1) is 18.9. The lowest BCUT2D eigenvalue weighted by Crippen LogP contribution is -2.42. The molecule has 0 bridgehead atoms. The van der Waals surface area contributed by atoms with Gasteiger partial charge in [0.25, 0.3) is 10.0 Å². The standard InChI is InChI=1S/C14H18ClN3O4S2/c1-2-12(19)16-10-13(20)17-6-3-7-18(9-8-17)24(21,22)14-5-4-11(15)23-14/h2,4-5H,1,3,6-10H2,(H,16,19). The van der Waals surface area contributed by atoms with Gasteiger partial charge in [0.05, 0.1) is 10.9 Å². The summed E-state index contributed by atoms with van der Waals surface area (Å²) in [5.41, 5.74) is 0. The van der Waals surface area contributed by atoms with E-state index in [1.807, 2.05) is 0 Å². The van der Waals surface area contributed by atoms with Gasteiger partial charge in [0.15, 0.2) is 0 Å².